The Morgan fingerprint density at radius 2 is 1.96 bits per heavy atom. The summed E-state index contributed by atoms with van der Waals surface area (Å²) in [6, 6.07) is 14.2. The molecule has 0 amide bonds. The maximum absolute atomic E-state index is 13.4. The number of rotatable bonds is 7. The first-order valence-corrected chi connectivity index (χ1v) is 9.97. The number of nitrogens with zero attached hydrogens (tertiary/aromatic N) is 1. The minimum Gasteiger partial charge on any atom is -0.495 e. The van der Waals surface area contributed by atoms with Crippen molar-refractivity contribution in [3.63, 3.8) is 0 Å². The van der Waals surface area contributed by atoms with E-state index >= 15 is 0 Å². The van der Waals surface area contributed by atoms with Crippen LogP contribution >= 0.6 is 11.6 Å². The highest BCUT2D eigenvalue weighted by Crippen LogP contribution is 2.26. The lowest BCUT2D eigenvalue weighted by Crippen LogP contribution is -2.24. The number of hydrogen-bond acceptors (Lipinski definition) is 3. The van der Waals surface area contributed by atoms with Crippen LogP contribution in [-0.4, -0.2) is 20.1 Å². The van der Waals surface area contributed by atoms with Gasteiger partial charge in [0.15, 0.2) is 0 Å². The van der Waals surface area contributed by atoms with Crippen LogP contribution in [0.2, 0.25) is 5.02 Å². The van der Waals surface area contributed by atoms with Gasteiger partial charge in [-0.05, 0) is 48.0 Å². The van der Waals surface area contributed by atoms with Crippen LogP contribution in [0.25, 0.3) is 0 Å². The van der Waals surface area contributed by atoms with Crippen molar-refractivity contribution in [2.24, 2.45) is 0 Å². The van der Waals surface area contributed by atoms with Crippen LogP contribution in [0.15, 0.2) is 65.7 Å². The Morgan fingerprint density at radius 3 is 2.67 bits per heavy atom. The first-order chi connectivity index (χ1) is 12.9. The molecule has 0 fully saturated rings. The highest BCUT2D eigenvalue weighted by atomic mass is 35.5. The molecular weight excluding hydrogens is 391 g/mol. The number of sulfonamides is 1. The molecule has 1 aromatic heterocycles. The summed E-state index contributed by atoms with van der Waals surface area (Å²) in [5, 5.41) is 0.217. The molecule has 2 aromatic carbocycles. The van der Waals surface area contributed by atoms with Crippen LogP contribution in [0.5, 0.6) is 5.75 Å². The summed E-state index contributed by atoms with van der Waals surface area (Å²) < 4.78 is 47.9. The second-order valence-electron chi connectivity index (χ2n) is 5.88. The summed E-state index contributed by atoms with van der Waals surface area (Å²) in [5.41, 5.74) is 1.54. The van der Waals surface area contributed by atoms with Crippen LogP contribution in [0.3, 0.4) is 0 Å². The van der Waals surface area contributed by atoms with E-state index < -0.39 is 10.0 Å². The predicted octanol–water partition coefficient (Wildman–Crippen LogP) is 3.82. The Labute approximate surface area is 162 Å². The zero-order chi connectivity index (χ0) is 19.4. The minimum absolute atomic E-state index is 0.0523. The zero-order valence-electron chi connectivity index (χ0n) is 14.5. The first-order valence-electron chi connectivity index (χ1n) is 8.11. The lowest BCUT2D eigenvalue weighted by molar-refractivity contribution is 0.414. The summed E-state index contributed by atoms with van der Waals surface area (Å²) in [5.74, 6) is 0.0953. The van der Waals surface area contributed by atoms with Crippen molar-refractivity contribution >= 4 is 21.6 Å². The third kappa shape index (κ3) is 4.68. The second-order valence-corrected chi connectivity index (χ2v) is 8.05. The van der Waals surface area contributed by atoms with Gasteiger partial charge in [-0.3, -0.25) is 0 Å². The van der Waals surface area contributed by atoms with E-state index in [1.807, 2.05) is 29.0 Å². The van der Waals surface area contributed by atoms with Crippen molar-refractivity contribution in [2.45, 2.75) is 18.0 Å². The van der Waals surface area contributed by atoms with Crippen LogP contribution in [0.4, 0.5) is 4.39 Å². The maximum Gasteiger partial charge on any atom is 0.240 e. The van der Waals surface area contributed by atoms with Gasteiger partial charge >= 0.3 is 0 Å². The number of methoxy groups -OCH3 is 1. The molecule has 0 unspecified atom stereocenters. The van der Waals surface area contributed by atoms with E-state index in [-0.39, 0.29) is 22.3 Å². The van der Waals surface area contributed by atoms with Gasteiger partial charge in [0, 0.05) is 18.4 Å². The van der Waals surface area contributed by atoms with Gasteiger partial charge in [0.1, 0.15) is 11.6 Å². The van der Waals surface area contributed by atoms with Crippen molar-refractivity contribution in [3.05, 3.63) is 82.9 Å². The molecule has 1 N–H and O–H groups in total. The summed E-state index contributed by atoms with van der Waals surface area (Å²) in [6.07, 6.45) is 1.82. The molecule has 142 valence electrons. The van der Waals surface area contributed by atoms with Gasteiger partial charge in [0.25, 0.3) is 0 Å². The Kier molecular flexibility index (Phi) is 5.84. The van der Waals surface area contributed by atoms with E-state index in [2.05, 4.69) is 4.72 Å². The summed E-state index contributed by atoms with van der Waals surface area (Å²) in [6.45, 7) is 0.532. The van der Waals surface area contributed by atoms with E-state index in [0.717, 1.165) is 11.3 Å². The summed E-state index contributed by atoms with van der Waals surface area (Å²) in [7, 11) is -2.28. The molecule has 8 heteroatoms. The Balaban J connectivity index is 1.73. The van der Waals surface area contributed by atoms with E-state index in [4.69, 9.17) is 16.3 Å². The Bertz CT molecular complexity index is 1050. The third-order valence-electron chi connectivity index (χ3n) is 4.04. The molecule has 0 aliphatic carbocycles. The molecule has 1 heterocycles. The second kappa shape index (κ2) is 8.12. The fourth-order valence-electron chi connectivity index (χ4n) is 2.66. The van der Waals surface area contributed by atoms with E-state index in [0.29, 0.717) is 12.3 Å². The van der Waals surface area contributed by atoms with Crippen molar-refractivity contribution in [1.29, 1.82) is 0 Å². The number of aromatic nitrogens is 1. The van der Waals surface area contributed by atoms with E-state index in [1.54, 1.807) is 6.07 Å². The van der Waals surface area contributed by atoms with Crippen molar-refractivity contribution < 1.29 is 17.5 Å². The lowest BCUT2D eigenvalue weighted by atomic mass is 10.2. The smallest absolute Gasteiger partial charge is 0.240 e. The normalized spacial score (nSPS) is 11.5. The zero-order valence-corrected chi connectivity index (χ0v) is 16.1. The van der Waals surface area contributed by atoms with Crippen LogP contribution in [0, 0.1) is 5.82 Å². The van der Waals surface area contributed by atoms with Crippen molar-refractivity contribution in [3.8, 4) is 5.75 Å². The maximum atomic E-state index is 13.4. The molecule has 0 radical (unpaired) electrons. The average Bonchev–Trinajstić information content (AvgIpc) is 3.07. The molecule has 3 aromatic rings. The SMILES string of the molecule is COc1ccc(S(=O)(=O)NCc2cccn2Cc2cccc(F)c2)cc1Cl. The number of benzene rings is 2. The molecule has 0 saturated carbocycles. The van der Waals surface area contributed by atoms with Crippen LogP contribution < -0.4 is 9.46 Å². The quantitative estimate of drug-likeness (QED) is 0.646. The molecule has 0 spiro atoms. The molecule has 0 saturated heterocycles. The van der Waals surface area contributed by atoms with E-state index in [9.17, 15) is 12.8 Å². The topological polar surface area (TPSA) is 60.3 Å². The number of ether oxygens (including phenoxy) is 1. The molecule has 0 atom stereocenters. The van der Waals surface area contributed by atoms with Crippen LogP contribution in [0.1, 0.15) is 11.3 Å². The van der Waals surface area contributed by atoms with Crippen molar-refractivity contribution in [2.75, 3.05) is 7.11 Å². The largest absolute Gasteiger partial charge is 0.495 e. The van der Waals surface area contributed by atoms with Gasteiger partial charge < -0.3 is 9.30 Å². The lowest BCUT2D eigenvalue weighted by Gasteiger charge is -2.12. The van der Waals surface area contributed by atoms with Gasteiger partial charge in [-0.25, -0.2) is 17.5 Å². The molecule has 0 aliphatic heterocycles. The minimum atomic E-state index is -3.74. The number of hydrogen-bond donors (Lipinski definition) is 1. The van der Waals surface area contributed by atoms with Gasteiger partial charge in [-0.15, -0.1) is 0 Å². The van der Waals surface area contributed by atoms with Gasteiger partial charge in [0.2, 0.25) is 10.0 Å². The fourth-order valence-corrected chi connectivity index (χ4v) is 4.01. The molecule has 3 rings (SSSR count). The molecule has 27 heavy (non-hydrogen) atoms. The monoisotopic (exact) mass is 408 g/mol. The molecular formula is C19H18ClFN2O3S. The van der Waals surface area contributed by atoms with Gasteiger partial charge in [-0.2, -0.15) is 0 Å². The van der Waals surface area contributed by atoms with Crippen LogP contribution in [-0.2, 0) is 23.1 Å². The number of halogens is 2. The van der Waals surface area contributed by atoms with E-state index in [1.165, 1.54) is 37.4 Å². The van der Waals surface area contributed by atoms with Gasteiger partial charge in [-0.1, -0.05) is 23.7 Å². The Morgan fingerprint density at radius 1 is 1.15 bits per heavy atom. The predicted molar refractivity (Wildman–Crippen MR) is 102 cm³/mol. The summed E-state index contributed by atoms with van der Waals surface area (Å²) >= 11 is 6.01. The molecule has 0 aliphatic rings. The first kappa shape index (κ1) is 19.4. The highest BCUT2D eigenvalue weighted by Gasteiger charge is 2.16. The Hall–Kier alpha value is -2.35. The summed E-state index contributed by atoms with van der Waals surface area (Å²) in [4.78, 5) is 0.0523. The average molecular weight is 409 g/mol. The molecule has 5 nitrogen and oxygen atoms in total. The molecule has 0 bridgehead atoms. The highest BCUT2D eigenvalue weighted by molar-refractivity contribution is 7.89. The van der Waals surface area contributed by atoms with Crippen molar-refractivity contribution in [1.82, 2.24) is 9.29 Å². The number of nitrogens with one attached hydrogen (secondary N) is 1. The third-order valence-corrected chi connectivity index (χ3v) is 5.74. The fraction of sp³-hybridized carbons (Fsp3) is 0.158. The van der Waals surface area contributed by atoms with Gasteiger partial charge in [0.05, 0.1) is 23.6 Å². The standard InChI is InChI=1S/C19H18ClFN2O3S/c1-26-19-8-7-17(11-18(19)20)27(24,25)22-12-16-6-3-9-23(16)13-14-4-2-5-15(21)10-14/h2-11,22H,12-13H2,1H3.